The average molecular weight is 395 g/mol. The molecule has 0 spiro atoms. The molecule has 0 bridgehead atoms. The summed E-state index contributed by atoms with van der Waals surface area (Å²) in [6, 6.07) is 9.21. The Kier molecular flexibility index (Phi) is 5.23. The van der Waals surface area contributed by atoms with E-state index in [1.807, 2.05) is 30.3 Å². The highest BCUT2D eigenvalue weighted by molar-refractivity contribution is 5.78. The van der Waals surface area contributed by atoms with Gasteiger partial charge in [0.1, 0.15) is 11.2 Å². The normalized spacial score (nSPS) is 13.2. The van der Waals surface area contributed by atoms with E-state index in [0.29, 0.717) is 22.9 Å². The first-order valence-electron chi connectivity index (χ1n) is 9.43. The molecule has 10 heteroatoms. The molecule has 1 fully saturated rings. The summed E-state index contributed by atoms with van der Waals surface area (Å²) >= 11 is 0. The summed E-state index contributed by atoms with van der Waals surface area (Å²) in [6.07, 6.45) is 3.74. The average Bonchev–Trinajstić information content (AvgIpc) is 3.42. The molecular formula is C19H21N7O3. The third-order valence-corrected chi connectivity index (χ3v) is 4.48. The van der Waals surface area contributed by atoms with Crippen molar-refractivity contribution in [3.05, 3.63) is 52.7 Å². The van der Waals surface area contributed by atoms with Gasteiger partial charge in [-0.3, -0.25) is 9.59 Å². The van der Waals surface area contributed by atoms with E-state index in [4.69, 9.17) is 0 Å². The number of carbonyl (C=O) groups excluding carboxylic acids is 2. The van der Waals surface area contributed by atoms with Gasteiger partial charge >= 0.3 is 6.03 Å². The molecule has 2 aromatic heterocycles. The van der Waals surface area contributed by atoms with Crippen LogP contribution in [0.5, 0.6) is 0 Å². The molecule has 0 unspecified atom stereocenters. The van der Waals surface area contributed by atoms with E-state index in [-0.39, 0.29) is 31.0 Å². The first-order valence-corrected chi connectivity index (χ1v) is 9.43. The number of benzene rings is 1. The van der Waals surface area contributed by atoms with Crippen LogP contribution >= 0.6 is 0 Å². The molecular weight excluding hydrogens is 374 g/mol. The first-order chi connectivity index (χ1) is 14.1. The number of hydrogen-bond acceptors (Lipinski definition) is 5. The number of aromatic nitrogens is 4. The number of hydrogen-bond donors (Lipinski definition) is 4. The number of H-pyrrole nitrogens is 1. The zero-order chi connectivity index (χ0) is 20.2. The first kappa shape index (κ1) is 18.7. The summed E-state index contributed by atoms with van der Waals surface area (Å²) in [5.74, 6) is 0.236. The van der Waals surface area contributed by atoms with Gasteiger partial charge in [0.25, 0.3) is 5.56 Å². The van der Waals surface area contributed by atoms with Crippen molar-refractivity contribution in [2.75, 3.05) is 6.54 Å². The lowest BCUT2D eigenvalue weighted by molar-refractivity contribution is -0.121. The molecule has 2 heterocycles. The van der Waals surface area contributed by atoms with Crippen molar-refractivity contribution >= 4 is 23.0 Å². The maximum atomic E-state index is 12.3. The van der Waals surface area contributed by atoms with Gasteiger partial charge in [0, 0.05) is 19.0 Å². The zero-order valence-electron chi connectivity index (χ0n) is 15.6. The van der Waals surface area contributed by atoms with Crippen LogP contribution < -0.4 is 21.5 Å². The molecule has 3 amide bonds. The van der Waals surface area contributed by atoms with Crippen LogP contribution in [0.3, 0.4) is 0 Å². The molecule has 0 radical (unpaired) electrons. The predicted octanol–water partition coefficient (Wildman–Crippen LogP) is 0.577. The van der Waals surface area contributed by atoms with Gasteiger partial charge in [-0.25, -0.2) is 14.5 Å². The van der Waals surface area contributed by atoms with Crippen molar-refractivity contribution in [2.45, 2.75) is 31.8 Å². The number of aromatic amines is 1. The minimum Gasteiger partial charge on any atom is -0.353 e. The van der Waals surface area contributed by atoms with Crippen molar-refractivity contribution in [3.8, 4) is 5.69 Å². The molecule has 3 aromatic rings. The Balaban J connectivity index is 1.37. The molecule has 1 aromatic carbocycles. The van der Waals surface area contributed by atoms with Crippen molar-refractivity contribution in [3.63, 3.8) is 0 Å². The van der Waals surface area contributed by atoms with Crippen LogP contribution in [0.4, 0.5) is 4.79 Å². The largest absolute Gasteiger partial charge is 0.353 e. The summed E-state index contributed by atoms with van der Waals surface area (Å²) in [5, 5.41) is 12.7. The van der Waals surface area contributed by atoms with Gasteiger partial charge in [-0.1, -0.05) is 18.2 Å². The molecule has 150 valence electrons. The Labute approximate surface area is 165 Å². The molecule has 10 nitrogen and oxygen atoms in total. The Morgan fingerprint density at radius 2 is 1.97 bits per heavy atom. The Hall–Kier alpha value is -3.69. The smallest absolute Gasteiger partial charge is 0.315 e. The quantitative estimate of drug-likeness (QED) is 0.464. The summed E-state index contributed by atoms with van der Waals surface area (Å²) in [5.41, 5.74) is 0.863. The molecule has 4 rings (SSSR count). The van der Waals surface area contributed by atoms with Crippen LogP contribution in [0.15, 0.2) is 41.3 Å². The number of fused-ring (bicyclic) bond motifs is 1. The number of urea groups is 1. The number of amides is 3. The second kappa shape index (κ2) is 8.13. The van der Waals surface area contributed by atoms with E-state index in [0.717, 1.165) is 18.5 Å². The van der Waals surface area contributed by atoms with E-state index in [2.05, 4.69) is 31.0 Å². The molecule has 0 atom stereocenters. The van der Waals surface area contributed by atoms with Gasteiger partial charge in [0.15, 0.2) is 5.65 Å². The highest BCUT2D eigenvalue weighted by Gasteiger charge is 2.22. The van der Waals surface area contributed by atoms with Gasteiger partial charge in [-0.05, 0) is 25.0 Å². The van der Waals surface area contributed by atoms with Gasteiger partial charge < -0.3 is 20.9 Å². The number of rotatable bonds is 7. The van der Waals surface area contributed by atoms with Gasteiger partial charge in [0.2, 0.25) is 5.91 Å². The second-order valence-corrected chi connectivity index (χ2v) is 6.84. The highest BCUT2D eigenvalue weighted by Crippen LogP contribution is 2.18. The molecule has 29 heavy (non-hydrogen) atoms. The Bertz CT molecular complexity index is 1090. The van der Waals surface area contributed by atoms with E-state index in [9.17, 15) is 14.4 Å². The van der Waals surface area contributed by atoms with Crippen LogP contribution in [0.25, 0.3) is 16.7 Å². The van der Waals surface area contributed by atoms with Gasteiger partial charge in [0.05, 0.1) is 18.4 Å². The van der Waals surface area contributed by atoms with Crippen LogP contribution in [0.1, 0.15) is 25.1 Å². The van der Waals surface area contributed by atoms with E-state index >= 15 is 0 Å². The second-order valence-electron chi connectivity index (χ2n) is 6.84. The number of nitrogens with one attached hydrogen (secondary N) is 4. The summed E-state index contributed by atoms with van der Waals surface area (Å²) < 4.78 is 1.58. The van der Waals surface area contributed by atoms with Crippen LogP contribution in [0.2, 0.25) is 0 Å². The molecule has 1 aliphatic rings. The molecule has 1 aliphatic carbocycles. The molecule has 4 N–H and O–H groups in total. The lowest BCUT2D eigenvalue weighted by Gasteiger charge is -2.08. The van der Waals surface area contributed by atoms with Crippen molar-refractivity contribution in [1.29, 1.82) is 0 Å². The lowest BCUT2D eigenvalue weighted by Crippen LogP contribution is -2.38. The Morgan fingerprint density at radius 3 is 2.72 bits per heavy atom. The van der Waals surface area contributed by atoms with E-state index < -0.39 is 6.03 Å². The number of carbonyl (C=O) groups is 2. The number of para-hydroxylation sites is 1. The number of nitrogens with zero attached hydrogens (tertiary/aromatic N) is 3. The highest BCUT2D eigenvalue weighted by atomic mass is 16.2. The van der Waals surface area contributed by atoms with Gasteiger partial charge in [-0.15, -0.1) is 0 Å². The zero-order valence-corrected chi connectivity index (χ0v) is 15.6. The maximum Gasteiger partial charge on any atom is 0.315 e. The SMILES string of the molecule is O=C(CCNC(=O)NCc1nc2c(cnn2-c2ccccc2)c(=O)[nH]1)NC1CC1. The molecule has 1 saturated carbocycles. The summed E-state index contributed by atoms with van der Waals surface area (Å²) in [6.45, 7) is 0.263. The Morgan fingerprint density at radius 1 is 1.17 bits per heavy atom. The fourth-order valence-electron chi connectivity index (χ4n) is 2.85. The lowest BCUT2D eigenvalue weighted by atomic mass is 10.3. The van der Waals surface area contributed by atoms with Crippen LogP contribution in [-0.4, -0.2) is 44.3 Å². The summed E-state index contributed by atoms with van der Waals surface area (Å²) in [7, 11) is 0. The fourth-order valence-corrected chi connectivity index (χ4v) is 2.85. The van der Waals surface area contributed by atoms with E-state index in [1.54, 1.807) is 4.68 Å². The minimum atomic E-state index is -0.441. The summed E-state index contributed by atoms with van der Waals surface area (Å²) in [4.78, 5) is 42.9. The predicted molar refractivity (Wildman–Crippen MR) is 106 cm³/mol. The van der Waals surface area contributed by atoms with Crippen LogP contribution in [0, 0.1) is 0 Å². The molecule has 0 saturated heterocycles. The minimum absolute atomic E-state index is 0.0330. The maximum absolute atomic E-state index is 12.3. The monoisotopic (exact) mass is 395 g/mol. The third kappa shape index (κ3) is 4.60. The third-order valence-electron chi connectivity index (χ3n) is 4.48. The van der Waals surface area contributed by atoms with Crippen molar-refractivity contribution < 1.29 is 9.59 Å². The van der Waals surface area contributed by atoms with Gasteiger partial charge in [-0.2, -0.15) is 5.10 Å². The molecule has 0 aliphatic heterocycles. The fraction of sp³-hybridized carbons (Fsp3) is 0.316. The van der Waals surface area contributed by atoms with Crippen LogP contribution in [-0.2, 0) is 11.3 Å². The van der Waals surface area contributed by atoms with Crippen molar-refractivity contribution in [1.82, 2.24) is 35.7 Å². The topological polar surface area (TPSA) is 134 Å². The van der Waals surface area contributed by atoms with Crippen molar-refractivity contribution in [2.24, 2.45) is 0 Å². The standard InChI is InChI=1S/C19H21N7O3/c27-16(23-12-6-7-12)8-9-20-19(29)21-11-15-24-17-14(18(28)25-15)10-22-26(17)13-4-2-1-3-5-13/h1-5,10,12H,6-9,11H2,(H,23,27)(H2,20,21,29)(H,24,25,28). The van der Waals surface area contributed by atoms with E-state index in [1.165, 1.54) is 6.20 Å².